The van der Waals surface area contributed by atoms with Crippen molar-refractivity contribution < 1.29 is 14.7 Å². The number of aliphatic carboxylic acids is 1. The van der Waals surface area contributed by atoms with Gasteiger partial charge < -0.3 is 5.11 Å². The fourth-order valence-electron chi connectivity index (χ4n) is 1.70. The molecule has 0 unspecified atom stereocenters. The highest BCUT2D eigenvalue weighted by atomic mass is 35.5. The summed E-state index contributed by atoms with van der Waals surface area (Å²) in [4.78, 5) is 32.5. The molecule has 0 aliphatic carbocycles. The van der Waals surface area contributed by atoms with E-state index in [0.717, 1.165) is 0 Å². The summed E-state index contributed by atoms with van der Waals surface area (Å²) >= 11 is 5.77. The molecule has 1 N–H and O–H groups in total. The van der Waals surface area contributed by atoms with Crippen molar-refractivity contribution in [2.75, 3.05) is 11.4 Å². The molecule has 2 aromatic rings. The molecule has 0 atom stereocenters. The second kappa shape index (κ2) is 6.81. The number of carbonyl (C=O) groups is 2. The molecule has 2 aromatic heterocycles. The maximum absolute atomic E-state index is 12.5. The van der Waals surface area contributed by atoms with E-state index in [0.29, 0.717) is 16.4 Å². The summed E-state index contributed by atoms with van der Waals surface area (Å²) in [6.45, 7) is 0.0116. The molecule has 0 aliphatic heterocycles. The summed E-state index contributed by atoms with van der Waals surface area (Å²) in [6.07, 6.45) is 4.20. The number of carboxylic acid groups (broad SMARTS) is 1. The Morgan fingerprint density at radius 3 is 2.62 bits per heavy atom. The van der Waals surface area contributed by atoms with Crippen molar-refractivity contribution in [3.05, 3.63) is 53.4 Å². The van der Waals surface area contributed by atoms with Gasteiger partial charge in [0.2, 0.25) is 0 Å². The van der Waals surface area contributed by atoms with Gasteiger partial charge in [-0.2, -0.15) is 0 Å². The fraction of sp³-hybridized carbons (Fsp3) is 0.143. The smallest absolute Gasteiger partial charge is 0.305 e. The minimum atomic E-state index is -0.993. The number of hydrogen-bond acceptors (Lipinski definition) is 4. The molecular weight excluding hydrogens is 294 g/mol. The van der Waals surface area contributed by atoms with Crippen molar-refractivity contribution in [3.63, 3.8) is 0 Å². The third kappa shape index (κ3) is 4.00. The number of aromatic nitrogens is 2. The van der Waals surface area contributed by atoms with Crippen molar-refractivity contribution in [1.29, 1.82) is 0 Å². The Balaban J connectivity index is 2.29. The Labute approximate surface area is 126 Å². The molecule has 21 heavy (non-hydrogen) atoms. The van der Waals surface area contributed by atoms with Gasteiger partial charge in [0.05, 0.1) is 17.0 Å². The lowest BCUT2D eigenvalue weighted by Gasteiger charge is -2.21. The van der Waals surface area contributed by atoms with E-state index >= 15 is 0 Å². The minimum absolute atomic E-state index is 0.0116. The summed E-state index contributed by atoms with van der Waals surface area (Å²) in [5.74, 6) is -1.01. The summed E-state index contributed by atoms with van der Waals surface area (Å²) in [6, 6.07) is 6.41. The molecule has 0 saturated heterocycles. The van der Waals surface area contributed by atoms with Gasteiger partial charge in [-0.25, -0.2) is 4.98 Å². The van der Waals surface area contributed by atoms with Gasteiger partial charge in [0.1, 0.15) is 5.82 Å². The van der Waals surface area contributed by atoms with Crippen molar-refractivity contribution in [3.8, 4) is 0 Å². The highest BCUT2D eigenvalue weighted by Crippen LogP contribution is 2.17. The van der Waals surface area contributed by atoms with Crippen LogP contribution in [-0.2, 0) is 4.79 Å². The lowest BCUT2D eigenvalue weighted by molar-refractivity contribution is -0.136. The Kier molecular flexibility index (Phi) is 4.84. The predicted molar refractivity (Wildman–Crippen MR) is 77.4 cm³/mol. The third-order valence-corrected chi connectivity index (χ3v) is 2.91. The highest BCUT2D eigenvalue weighted by Gasteiger charge is 2.19. The molecule has 7 heteroatoms. The Bertz CT molecular complexity index is 632. The van der Waals surface area contributed by atoms with Crippen molar-refractivity contribution in [2.24, 2.45) is 0 Å². The first-order valence-corrected chi connectivity index (χ1v) is 6.51. The molecule has 0 aliphatic rings. The van der Waals surface area contributed by atoms with E-state index in [2.05, 4.69) is 9.97 Å². The Hall–Kier alpha value is -2.47. The summed E-state index contributed by atoms with van der Waals surface area (Å²) in [5.41, 5.74) is 0.361. The van der Waals surface area contributed by atoms with Gasteiger partial charge in [0.25, 0.3) is 5.91 Å². The molecule has 108 valence electrons. The van der Waals surface area contributed by atoms with Crippen LogP contribution >= 0.6 is 11.6 Å². The standard InChI is InChI=1S/C14H12ClN3O3/c15-11-3-4-12(17-9-11)18(7-5-13(19)20)14(21)10-2-1-6-16-8-10/h1-4,6,8-9H,5,7H2,(H,19,20). The van der Waals surface area contributed by atoms with E-state index in [1.54, 1.807) is 30.5 Å². The van der Waals surface area contributed by atoms with Crippen LogP contribution in [0.25, 0.3) is 0 Å². The molecule has 0 bridgehead atoms. The number of pyridine rings is 2. The van der Waals surface area contributed by atoms with Crippen LogP contribution in [0.1, 0.15) is 16.8 Å². The van der Waals surface area contributed by atoms with Crippen molar-refractivity contribution in [2.45, 2.75) is 6.42 Å². The normalized spacial score (nSPS) is 10.1. The maximum Gasteiger partial charge on any atom is 0.305 e. The van der Waals surface area contributed by atoms with Gasteiger partial charge in [0.15, 0.2) is 0 Å². The van der Waals surface area contributed by atoms with E-state index in [4.69, 9.17) is 16.7 Å². The first-order chi connectivity index (χ1) is 10.1. The van der Waals surface area contributed by atoms with Crippen LogP contribution in [0.15, 0.2) is 42.9 Å². The second-order valence-electron chi connectivity index (χ2n) is 4.18. The first kappa shape index (κ1) is 14.9. The lowest BCUT2D eigenvalue weighted by Crippen LogP contribution is -2.33. The predicted octanol–water partition coefficient (Wildman–Crippen LogP) is 2.25. The fourth-order valence-corrected chi connectivity index (χ4v) is 1.81. The number of nitrogens with zero attached hydrogens (tertiary/aromatic N) is 3. The lowest BCUT2D eigenvalue weighted by atomic mass is 10.2. The molecule has 0 aromatic carbocycles. The van der Waals surface area contributed by atoms with Gasteiger partial charge in [-0.05, 0) is 24.3 Å². The van der Waals surface area contributed by atoms with Crippen LogP contribution < -0.4 is 4.90 Å². The van der Waals surface area contributed by atoms with Crippen LogP contribution in [0.3, 0.4) is 0 Å². The largest absolute Gasteiger partial charge is 0.481 e. The molecular formula is C14H12ClN3O3. The van der Waals surface area contributed by atoms with Gasteiger partial charge in [-0.15, -0.1) is 0 Å². The number of amides is 1. The molecule has 0 fully saturated rings. The zero-order chi connectivity index (χ0) is 15.2. The van der Waals surface area contributed by atoms with E-state index in [1.807, 2.05) is 0 Å². The van der Waals surface area contributed by atoms with Crippen LogP contribution in [0, 0.1) is 0 Å². The summed E-state index contributed by atoms with van der Waals surface area (Å²) in [7, 11) is 0. The molecule has 2 rings (SSSR count). The molecule has 2 heterocycles. The van der Waals surface area contributed by atoms with Crippen molar-refractivity contribution in [1.82, 2.24) is 9.97 Å². The number of halogens is 1. The number of hydrogen-bond donors (Lipinski definition) is 1. The average molecular weight is 306 g/mol. The zero-order valence-electron chi connectivity index (χ0n) is 10.9. The van der Waals surface area contributed by atoms with Crippen LogP contribution in [0.2, 0.25) is 5.02 Å². The molecule has 1 amide bonds. The summed E-state index contributed by atoms with van der Waals surface area (Å²) < 4.78 is 0. The third-order valence-electron chi connectivity index (χ3n) is 2.69. The molecule has 0 spiro atoms. The first-order valence-electron chi connectivity index (χ1n) is 6.13. The van der Waals surface area contributed by atoms with Gasteiger partial charge >= 0.3 is 5.97 Å². The van der Waals surface area contributed by atoms with Crippen LogP contribution in [-0.4, -0.2) is 33.5 Å². The van der Waals surface area contributed by atoms with Crippen molar-refractivity contribution >= 4 is 29.3 Å². The SMILES string of the molecule is O=C(O)CCN(C(=O)c1cccnc1)c1ccc(Cl)cn1. The number of rotatable bonds is 5. The second-order valence-corrected chi connectivity index (χ2v) is 4.61. The van der Waals surface area contributed by atoms with E-state index in [1.165, 1.54) is 17.3 Å². The van der Waals surface area contributed by atoms with Gasteiger partial charge in [0, 0.05) is 25.1 Å². The number of anilines is 1. The zero-order valence-corrected chi connectivity index (χ0v) is 11.7. The van der Waals surface area contributed by atoms with Gasteiger partial charge in [-0.1, -0.05) is 11.6 Å². The Morgan fingerprint density at radius 2 is 2.05 bits per heavy atom. The monoisotopic (exact) mass is 305 g/mol. The van der Waals surface area contributed by atoms with Crippen LogP contribution in [0.4, 0.5) is 5.82 Å². The number of carbonyl (C=O) groups excluding carboxylic acids is 1. The minimum Gasteiger partial charge on any atom is -0.481 e. The van der Waals surface area contributed by atoms with Crippen LogP contribution in [0.5, 0.6) is 0 Å². The quantitative estimate of drug-likeness (QED) is 0.916. The average Bonchev–Trinajstić information content (AvgIpc) is 2.49. The van der Waals surface area contributed by atoms with E-state index in [9.17, 15) is 9.59 Å². The topological polar surface area (TPSA) is 83.4 Å². The Morgan fingerprint density at radius 1 is 1.24 bits per heavy atom. The molecule has 0 radical (unpaired) electrons. The molecule has 6 nitrogen and oxygen atoms in total. The maximum atomic E-state index is 12.5. The highest BCUT2D eigenvalue weighted by molar-refractivity contribution is 6.30. The van der Waals surface area contributed by atoms with E-state index in [-0.39, 0.29) is 18.9 Å². The summed E-state index contributed by atoms with van der Waals surface area (Å²) in [5, 5.41) is 9.25. The van der Waals surface area contributed by atoms with E-state index < -0.39 is 5.97 Å². The number of carboxylic acids is 1. The molecule has 0 saturated carbocycles. The van der Waals surface area contributed by atoms with Gasteiger partial charge in [-0.3, -0.25) is 19.5 Å².